The Kier molecular flexibility index (Phi) is 5.58. The van der Waals surface area contributed by atoms with Crippen molar-refractivity contribution in [3.63, 3.8) is 0 Å². The summed E-state index contributed by atoms with van der Waals surface area (Å²) in [6.07, 6.45) is 1.87. The fourth-order valence-corrected chi connectivity index (χ4v) is 2.39. The molecule has 1 aromatic rings. The largest absolute Gasteiger partial charge is 0.395 e. The van der Waals surface area contributed by atoms with Gasteiger partial charge >= 0.3 is 0 Å². The second-order valence-electron chi connectivity index (χ2n) is 5.17. The number of nitrogens with zero attached hydrogens (tertiary/aromatic N) is 2. The Balaban J connectivity index is 1.78. The molecule has 2 rings (SSSR count). The molecule has 0 aromatic carbocycles. The SMILES string of the molecule is CCOCCOC1CCN(C(=O)c2n[nH]c(C)c2N)CC1. The summed E-state index contributed by atoms with van der Waals surface area (Å²) in [5.41, 5.74) is 7.34. The zero-order valence-corrected chi connectivity index (χ0v) is 12.7. The van der Waals surface area contributed by atoms with E-state index in [0.717, 1.165) is 18.5 Å². The molecule has 0 radical (unpaired) electrons. The lowest BCUT2D eigenvalue weighted by Gasteiger charge is -2.31. The van der Waals surface area contributed by atoms with Crippen molar-refractivity contribution >= 4 is 11.6 Å². The number of ether oxygens (including phenoxy) is 2. The van der Waals surface area contributed by atoms with Gasteiger partial charge in [-0.2, -0.15) is 5.10 Å². The maximum atomic E-state index is 12.3. The molecule has 1 aliphatic heterocycles. The Hall–Kier alpha value is -1.60. The molecule has 1 aromatic heterocycles. The third-order valence-corrected chi connectivity index (χ3v) is 3.71. The first-order chi connectivity index (χ1) is 10.1. The van der Waals surface area contributed by atoms with Crippen LogP contribution in [0.5, 0.6) is 0 Å². The molecular weight excluding hydrogens is 272 g/mol. The van der Waals surface area contributed by atoms with E-state index in [1.165, 1.54) is 0 Å². The van der Waals surface area contributed by atoms with E-state index in [-0.39, 0.29) is 12.0 Å². The van der Waals surface area contributed by atoms with Crippen LogP contribution in [0.1, 0.15) is 35.9 Å². The number of rotatable bonds is 6. The van der Waals surface area contributed by atoms with Crippen LogP contribution >= 0.6 is 0 Å². The third-order valence-electron chi connectivity index (χ3n) is 3.71. The average Bonchev–Trinajstić information content (AvgIpc) is 2.83. The maximum absolute atomic E-state index is 12.3. The molecule has 1 amide bonds. The van der Waals surface area contributed by atoms with Gasteiger partial charge in [0.05, 0.1) is 30.7 Å². The number of nitrogen functional groups attached to an aromatic ring is 1. The summed E-state index contributed by atoms with van der Waals surface area (Å²) in [4.78, 5) is 14.1. The Morgan fingerprint density at radius 3 is 2.71 bits per heavy atom. The summed E-state index contributed by atoms with van der Waals surface area (Å²) in [6.45, 7) is 7.05. The van der Waals surface area contributed by atoms with Crippen LogP contribution in [0.2, 0.25) is 0 Å². The van der Waals surface area contributed by atoms with Crippen molar-refractivity contribution in [2.45, 2.75) is 32.8 Å². The van der Waals surface area contributed by atoms with Gasteiger partial charge < -0.3 is 20.1 Å². The van der Waals surface area contributed by atoms with Gasteiger partial charge in [-0.15, -0.1) is 0 Å². The number of H-pyrrole nitrogens is 1. The van der Waals surface area contributed by atoms with Gasteiger partial charge in [0.25, 0.3) is 5.91 Å². The normalized spacial score (nSPS) is 16.4. The number of aromatic amines is 1. The molecule has 1 aliphatic rings. The van der Waals surface area contributed by atoms with E-state index >= 15 is 0 Å². The van der Waals surface area contributed by atoms with Crippen LogP contribution in [0.15, 0.2) is 0 Å². The van der Waals surface area contributed by atoms with Gasteiger partial charge in [-0.05, 0) is 26.7 Å². The number of nitrogens with two attached hydrogens (primary N) is 1. The third kappa shape index (κ3) is 3.95. The molecule has 1 saturated heterocycles. The number of piperidine rings is 1. The van der Waals surface area contributed by atoms with E-state index < -0.39 is 0 Å². The lowest BCUT2D eigenvalue weighted by atomic mass is 10.1. The highest BCUT2D eigenvalue weighted by atomic mass is 16.5. The molecule has 2 heterocycles. The van der Waals surface area contributed by atoms with Crippen molar-refractivity contribution in [3.8, 4) is 0 Å². The average molecular weight is 296 g/mol. The number of hydrogen-bond donors (Lipinski definition) is 2. The summed E-state index contributed by atoms with van der Waals surface area (Å²) in [6, 6.07) is 0. The van der Waals surface area contributed by atoms with Gasteiger partial charge in [-0.1, -0.05) is 0 Å². The van der Waals surface area contributed by atoms with Gasteiger partial charge in [0, 0.05) is 19.7 Å². The van der Waals surface area contributed by atoms with Crippen LogP contribution in [0.4, 0.5) is 5.69 Å². The van der Waals surface area contributed by atoms with Gasteiger partial charge in [-0.3, -0.25) is 9.89 Å². The predicted molar refractivity (Wildman–Crippen MR) is 79.1 cm³/mol. The molecule has 3 N–H and O–H groups in total. The zero-order chi connectivity index (χ0) is 15.2. The molecule has 0 saturated carbocycles. The van der Waals surface area contributed by atoms with Crippen molar-refractivity contribution in [2.75, 3.05) is 38.6 Å². The second kappa shape index (κ2) is 7.42. The van der Waals surface area contributed by atoms with Gasteiger partial charge in [0.1, 0.15) is 0 Å². The lowest BCUT2D eigenvalue weighted by Crippen LogP contribution is -2.41. The van der Waals surface area contributed by atoms with Crippen LogP contribution in [0.25, 0.3) is 0 Å². The van der Waals surface area contributed by atoms with E-state index in [1.807, 2.05) is 6.92 Å². The number of aryl methyl sites for hydroxylation is 1. The van der Waals surface area contributed by atoms with Gasteiger partial charge in [0.15, 0.2) is 5.69 Å². The number of carbonyl (C=O) groups excluding carboxylic acids is 1. The highest BCUT2D eigenvalue weighted by molar-refractivity contribution is 5.97. The van der Waals surface area contributed by atoms with Crippen molar-refractivity contribution < 1.29 is 14.3 Å². The smallest absolute Gasteiger partial charge is 0.276 e. The molecule has 1 fully saturated rings. The fraction of sp³-hybridized carbons (Fsp3) is 0.714. The topological polar surface area (TPSA) is 93.5 Å². The minimum Gasteiger partial charge on any atom is -0.395 e. The molecule has 7 heteroatoms. The number of aromatic nitrogens is 2. The van der Waals surface area contributed by atoms with Crippen molar-refractivity contribution in [3.05, 3.63) is 11.4 Å². The van der Waals surface area contributed by atoms with Crippen molar-refractivity contribution in [2.24, 2.45) is 0 Å². The molecule has 7 nitrogen and oxygen atoms in total. The molecule has 118 valence electrons. The summed E-state index contributed by atoms with van der Waals surface area (Å²) in [5.74, 6) is -0.107. The van der Waals surface area contributed by atoms with Crippen LogP contribution in [0.3, 0.4) is 0 Å². The lowest BCUT2D eigenvalue weighted by molar-refractivity contribution is -0.0183. The molecular formula is C14H24N4O3. The van der Waals surface area contributed by atoms with Crippen molar-refractivity contribution in [1.29, 1.82) is 0 Å². The molecule has 0 atom stereocenters. The van der Waals surface area contributed by atoms with Gasteiger partial charge in [-0.25, -0.2) is 0 Å². The molecule has 21 heavy (non-hydrogen) atoms. The quantitative estimate of drug-likeness (QED) is 0.763. The summed E-state index contributed by atoms with van der Waals surface area (Å²) in [7, 11) is 0. The summed E-state index contributed by atoms with van der Waals surface area (Å²) >= 11 is 0. The predicted octanol–water partition coefficient (Wildman–Crippen LogP) is 0.958. The van der Waals surface area contributed by atoms with Crippen LogP contribution in [-0.2, 0) is 9.47 Å². The fourth-order valence-electron chi connectivity index (χ4n) is 2.39. The van der Waals surface area contributed by atoms with Crippen LogP contribution in [-0.4, -0.2) is 60.0 Å². The number of amides is 1. The van der Waals surface area contributed by atoms with E-state index in [9.17, 15) is 4.79 Å². The van der Waals surface area contributed by atoms with E-state index in [0.29, 0.717) is 44.3 Å². The highest BCUT2D eigenvalue weighted by Crippen LogP contribution is 2.19. The highest BCUT2D eigenvalue weighted by Gasteiger charge is 2.27. The van der Waals surface area contributed by atoms with Gasteiger partial charge in [0.2, 0.25) is 0 Å². The van der Waals surface area contributed by atoms with Crippen LogP contribution in [0, 0.1) is 6.92 Å². The Labute approximate surface area is 124 Å². The molecule has 0 unspecified atom stereocenters. The number of anilines is 1. The molecule has 0 bridgehead atoms. The number of likely N-dealkylation sites (tertiary alicyclic amines) is 1. The van der Waals surface area contributed by atoms with E-state index in [2.05, 4.69) is 10.2 Å². The Morgan fingerprint density at radius 2 is 2.14 bits per heavy atom. The maximum Gasteiger partial charge on any atom is 0.276 e. The Morgan fingerprint density at radius 1 is 1.43 bits per heavy atom. The summed E-state index contributed by atoms with van der Waals surface area (Å²) < 4.78 is 11.0. The first-order valence-electron chi connectivity index (χ1n) is 7.42. The van der Waals surface area contributed by atoms with E-state index in [4.69, 9.17) is 15.2 Å². The standard InChI is InChI=1S/C14H24N4O3/c1-3-20-8-9-21-11-4-6-18(7-5-11)14(19)13-12(15)10(2)16-17-13/h11H,3-9,15H2,1-2H3,(H,16,17). The molecule has 0 aliphatic carbocycles. The van der Waals surface area contributed by atoms with Crippen molar-refractivity contribution in [1.82, 2.24) is 15.1 Å². The minimum absolute atomic E-state index is 0.107. The Bertz CT molecular complexity index is 467. The van der Waals surface area contributed by atoms with E-state index in [1.54, 1.807) is 11.8 Å². The zero-order valence-electron chi connectivity index (χ0n) is 12.7. The number of carbonyl (C=O) groups is 1. The first kappa shape index (κ1) is 15.8. The number of hydrogen-bond acceptors (Lipinski definition) is 5. The summed E-state index contributed by atoms with van der Waals surface area (Å²) in [5, 5.41) is 6.73. The monoisotopic (exact) mass is 296 g/mol. The first-order valence-corrected chi connectivity index (χ1v) is 7.42. The molecule has 0 spiro atoms. The number of nitrogens with one attached hydrogen (secondary N) is 1. The van der Waals surface area contributed by atoms with Crippen LogP contribution < -0.4 is 5.73 Å². The second-order valence-corrected chi connectivity index (χ2v) is 5.17. The minimum atomic E-state index is -0.107.